The van der Waals surface area contributed by atoms with Gasteiger partial charge in [-0.2, -0.15) is 0 Å². The number of aromatic nitrogens is 1. The van der Waals surface area contributed by atoms with Gasteiger partial charge < -0.3 is 10.4 Å². The molecule has 1 aromatic carbocycles. The first-order chi connectivity index (χ1) is 10.8. The van der Waals surface area contributed by atoms with Crippen molar-refractivity contribution in [2.75, 3.05) is 0 Å². The number of halogens is 3. The second kappa shape index (κ2) is 7.90. The van der Waals surface area contributed by atoms with Gasteiger partial charge in [0.15, 0.2) is 0 Å². The summed E-state index contributed by atoms with van der Waals surface area (Å²) in [4.78, 5) is 27.5. The molecular weight excluding hydrogens is 451 g/mol. The molecule has 120 valence electrons. The highest BCUT2D eigenvalue weighted by molar-refractivity contribution is 9.11. The Bertz CT molecular complexity index is 718. The Morgan fingerprint density at radius 1 is 1.22 bits per heavy atom. The van der Waals surface area contributed by atoms with Crippen molar-refractivity contribution >= 4 is 55.3 Å². The number of carboxylic acids is 1. The number of pyridine rings is 1. The average molecular weight is 463 g/mol. The lowest BCUT2D eigenvalue weighted by Crippen LogP contribution is -2.42. The van der Waals surface area contributed by atoms with Crippen LogP contribution in [0.2, 0.25) is 5.15 Å². The van der Waals surface area contributed by atoms with Crippen LogP contribution in [-0.2, 0) is 11.2 Å². The number of carboxylic acid groups (broad SMARTS) is 1. The Balaban J connectivity index is 2.14. The maximum absolute atomic E-state index is 12.3. The molecule has 2 rings (SSSR count). The van der Waals surface area contributed by atoms with Gasteiger partial charge in [-0.05, 0) is 29.8 Å². The highest BCUT2D eigenvalue weighted by Crippen LogP contribution is 2.20. The fourth-order valence-electron chi connectivity index (χ4n) is 1.89. The fourth-order valence-corrected chi connectivity index (χ4v) is 3.29. The molecule has 2 aromatic rings. The van der Waals surface area contributed by atoms with Gasteiger partial charge in [0.1, 0.15) is 11.2 Å². The highest BCUT2D eigenvalue weighted by Gasteiger charge is 2.21. The van der Waals surface area contributed by atoms with E-state index in [4.69, 9.17) is 11.6 Å². The summed E-state index contributed by atoms with van der Waals surface area (Å²) in [6.45, 7) is 0. The van der Waals surface area contributed by atoms with Gasteiger partial charge in [0, 0.05) is 27.1 Å². The monoisotopic (exact) mass is 460 g/mol. The first-order valence-corrected chi connectivity index (χ1v) is 8.42. The third kappa shape index (κ3) is 5.30. The summed E-state index contributed by atoms with van der Waals surface area (Å²) in [5.74, 6) is -1.59. The highest BCUT2D eigenvalue weighted by atomic mass is 79.9. The maximum atomic E-state index is 12.3. The van der Waals surface area contributed by atoms with Crippen LogP contribution in [0.5, 0.6) is 0 Å². The number of carbonyl (C=O) groups is 2. The first kappa shape index (κ1) is 17.9. The lowest BCUT2D eigenvalue weighted by Gasteiger charge is -2.15. The zero-order valence-corrected chi connectivity index (χ0v) is 15.5. The van der Waals surface area contributed by atoms with Gasteiger partial charge in [-0.3, -0.25) is 4.79 Å². The topological polar surface area (TPSA) is 79.3 Å². The minimum Gasteiger partial charge on any atom is -0.480 e. The standard InChI is InChI=1S/C15H11Br2ClN2O3/c16-10-4-9(5-11(17)6-10)14(21)20-12(15(22)23)3-8-1-2-13(18)19-7-8/h1-2,4-7,12H,3H2,(H,20,21)(H,22,23)/t12-/m0/s1. The van der Waals surface area contributed by atoms with E-state index in [0.717, 1.165) is 0 Å². The number of hydrogen-bond donors (Lipinski definition) is 2. The number of aliphatic carboxylic acids is 1. The Morgan fingerprint density at radius 2 is 1.87 bits per heavy atom. The molecule has 0 radical (unpaired) electrons. The number of hydrogen-bond acceptors (Lipinski definition) is 3. The molecule has 1 amide bonds. The summed E-state index contributed by atoms with van der Waals surface area (Å²) in [5.41, 5.74) is 1.02. The Morgan fingerprint density at radius 3 is 2.39 bits per heavy atom. The lowest BCUT2D eigenvalue weighted by atomic mass is 10.1. The van der Waals surface area contributed by atoms with E-state index >= 15 is 0 Å². The molecule has 8 heteroatoms. The van der Waals surface area contributed by atoms with Crippen LogP contribution in [0.4, 0.5) is 0 Å². The number of amides is 1. The number of benzene rings is 1. The van der Waals surface area contributed by atoms with Gasteiger partial charge in [-0.25, -0.2) is 9.78 Å². The van der Waals surface area contributed by atoms with Gasteiger partial charge in [-0.15, -0.1) is 0 Å². The molecule has 5 nitrogen and oxygen atoms in total. The van der Waals surface area contributed by atoms with Crippen molar-refractivity contribution in [3.63, 3.8) is 0 Å². The second-order valence-corrected chi connectivity index (χ2v) is 6.93. The van der Waals surface area contributed by atoms with Crippen molar-refractivity contribution in [3.05, 3.63) is 61.8 Å². The van der Waals surface area contributed by atoms with Gasteiger partial charge in [0.25, 0.3) is 5.91 Å². The van der Waals surface area contributed by atoms with Crippen molar-refractivity contribution in [1.82, 2.24) is 10.3 Å². The number of carbonyl (C=O) groups excluding carboxylic acids is 1. The van der Waals surface area contributed by atoms with Crippen LogP contribution in [0, 0.1) is 0 Å². The fraction of sp³-hybridized carbons (Fsp3) is 0.133. The molecule has 23 heavy (non-hydrogen) atoms. The quantitative estimate of drug-likeness (QED) is 0.665. The van der Waals surface area contributed by atoms with Crippen molar-refractivity contribution in [2.24, 2.45) is 0 Å². The van der Waals surface area contributed by atoms with Gasteiger partial charge in [-0.1, -0.05) is 49.5 Å². The Hall–Kier alpha value is -1.44. The molecule has 0 bridgehead atoms. The van der Waals surface area contributed by atoms with Crippen LogP contribution >= 0.6 is 43.5 Å². The number of nitrogens with one attached hydrogen (secondary N) is 1. The van der Waals surface area contributed by atoms with E-state index < -0.39 is 17.9 Å². The van der Waals surface area contributed by atoms with Crippen LogP contribution in [-0.4, -0.2) is 28.0 Å². The molecule has 1 heterocycles. The van der Waals surface area contributed by atoms with E-state index in [1.54, 1.807) is 30.3 Å². The number of nitrogens with zero attached hydrogens (tertiary/aromatic N) is 1. The van der Waals surface area contributed by atoms with Crippen molar-refractivity contribution in [2.45, 2.75) is 12.5 Å². The normalized spacial score (nSPS) is 11.8. The van der Waals surface area contributed by atoms with Gasteiger partial charge in [0.2, 0.25) is 0 Å². The summed E-state index contributed by atoms with van der Waals surface area (Å²) in [5, 5.41) is 12.1. The van der Waals surface area contributed by atoms with Crippen LogP contribution in [0.1, 0.15) is 15.9 Å². The SMILES string of the molecule is O=C(N[C@@H](Cc1ccc(Cl)nc1)C(=O)O)c1cc(Br)cc(Br)c1. The molecule has 2 N–H and O–H groups in total. The molecular formula is C15H11Br2ClN2O3. The summed E-state index contributed by atoms with van der Waals surface area (Å²) in [7, 11) is 0. The smallest absolute Gasteiger partial charge is 0.326 e. The van der Waals surface area contributed by atoms with Crippen LogP contribution in [0.3, 0.4) is 0 Å². The molecule has 0 spiro atoms. The van der Waals surface area contributed by atoms with Crippen molar-refractivity contribution < 1.29 is 14.7 Å². The van der Waals surface area contributed by atoms with E-state index in [2.05, 4.69) is 42.2 Å². The van der Waals surface area contributed by atoms with E-state index in [9.17, 15) is 14.7 Å². The maximum Gasteiger partial charge on any atom is 0.326 e. The summed E-state index contributed by atoms with van der Waals surface area (Å²) in [6, 6.07) is 7.19. The largest absolute Gasteiger partial charge is 0.480 e. The molecule has 0 aliphatic heterocycles. The van der Waals surface area contributed by atoms with E-state index in [-0.39, 0.29) is 6.42 Å². The molecule has 0 saturated heterocycles. The van der Waals surface area contributed by atoms with E-state index in [1.807, 2.05) is 0 Å². The molecule has 0 unspecified atom stereocenters. The number of rotatable bonds is 5. The van der Waals surface area contributed by atoms with Gasteiger partial charge >= 0.3 is 5.97 Å². The second-order valence-electron chi connectivity index (χ2n) is 4.72. The minimum atomic E-state index is -1.12. The van der Waals surface area contributed by atoms with Crippen molar-refractivity contribution in [1.29, 1.82) is 0 Å². The molecule has 0 fully saturated rings. The predicted octanol–water partition coefficient (Wildman–Crippen LogP) is 3.69. The van der Waals surface area contributed by atoms with Gasteiger partial charge in [0.05, 0.1) is 0 Å². The molecule has 1 aromatic heterocycles. The van der Waals surface area contributed by atoms with E-state index in [1.165, 1.54) is 6.20 Å². The summed E-state index contributed by atoms with van der Waals surface area (Å²) >= 11 is 12.3. The van der Waals surface area contributed by atoms with E-state index in [0.29, 0.717) is 25.2 Å². The average Bonchev–Trinajstić information content (AvgIpc) is 2.47. The molecule has 0 saturated carbocycles. The molecule has 0 aliphatic rings. The third-order valence-electron chi connectivity index (χ3n) is 2.96. The summed E-state index contributed by atoms with van der Waals surface area (Å²) < 4.78 is 1.43. The van der Waals surface area contributed by atoms with Crippen molar-refractivity contribution in [3.8, 4) is 0 Å². The van der Waals surface area contributed by atoms with Crippen LogP contribution in [0.25, 0.3) is 0 Å². The third-order valence-corrected chi connectivity index (χ3v) is 4.10. The zero-order chi connectivity index (χ0) is 17.0. The lowest BCUT2D eigenvalue weighted by molar-refractivity contribution is -0.139. The zero-order valence-electron chi connectivity index (χ0n) is 11.6. The Labute approximate surface area is 154 Å². The minimum absolute atomic E-state index is 0.112. The molecule has 0 aliphatic carbocycles. The molecule has 1 atom stereocenters. The van der Waals surface area contributed by atoms with Crippen LogP contribution < -0.4 is 5.32 Å². The predicted molar refractivity (Wildman–Crippen MR) is 93.7 cm³/mol. The Kier molecular flexibility index (Phi) is 6.15. The summed E-state index contributed by atoms with van der Waals surface area (Å²) in [6.07, 6.45) is 1.60. The van der Waals surface area contributed by atoms with Crippen LogP contribution in [0.15, 0.2) is 45.5 Å². The first-order valence-electron chi connectivity index (χ1n) is 6.45.